The minimum atomic E-state index is 0.590. The van der Waals surface area contributed by atoms with Gasteiger partial charge in [-0.1, -0.05) is 6.07 Å². The molecule has 2 aromatic rings. The van der Waals surface area contributed by atoms with Gasteiger partial charge in [0.2, 0.25) is 11.8 Å². The Balaban J connectivity index is 2.15. The second-order valence-corrected chi connectivity index (χ2v) is 3.22. The zero-order valence-corrected chi connectivity index (χ0v) is 8.19. The molecule has 0 aliphatic carbocycles. The summed E-state index contributed by atoms with van der Waals surface area (Å²) in [5, 5.41) is 7.66. The molecule has 2 aromatic heterocycles. The van der Waals surface area contributed by atoms with E-state index in [1.165, 1.54) is 0 Å². The van der Waals surface area contributed by atoms with Crippen molar-refractivity contribution in [2.75, 3.05) is 0 Å². The van der Waals surface area contributed by atoms with Crippen LogP contribution in [0.15, 0.2) is 22.7 Å². The van der Waals surface area contributed by atoms with Gasteiger partial charge in [0.15, 0.2) is 0 Å². The van der Waals surface area contributed by atoms with Gasteiger partial charge in [-0.05, 0) is 18.6 Å². The molecular weight excluding hydrogens is 178 g/mol. The largest absolute Gasteiger partial charge is 0.425 e. The normalized spacial score (nSPS) is 10.4. The van der Waals surface area contributed by atoms with Crippen LogP contribution in [0.4, 0.5) is 0 Å². The van der Waals surface area contributed by atoms with E-state index in [4.69, 9.17) is 4.42 Å². The summed E-state index contributed by atoms with van der Waals surface area (Å²) in [5.74, 6) is 1.20. The summed E-state index contributed by atoms with van der Waals surface area (Å²) in [5.41, 5.74) is 2.09. The maximum atomic E-state index is 5.26. The first-order chi connectivity index (χ1) is 6.74. The summed E-state index contributed by atoms with van der Waals surface area (Å²) in [6.45, 7) is 3.78. The molecule has 0 unspecified atom stereocenters. The number of hydrogen-bond donors (Lipinski definition) is 0. The molecule has 0 bridgehead atoms. The van der Waals surface area contributed by atoms with Crippen molar-refractivity contribution in [1.29, 1.82) is 0 Å². The van der Waals surface area contributed by atoms with Gasteiger partial charge >= 0.3 is 0 Å². The van der Waals surface area contributed by atoms with E-state index in [-0.39, 0.29) is 0 Å². The van der Waals surface area contributed by atoms with Crippen LogP contribution in [-0.4, -0.2) is 15.2 Å². The summed E-state index contributed by atoms with van der Waals surface area (Å²) in [7, 11) is 0. The molecule has 0 radical (unpaired) electrons. The average molecular weight is 189 g/mol. The van der Waals surface area contributed by atoms with Crippen LogP contribution in [-0.2, 0) is 6.42 Å². The molecule has 0 aromatic carbocycles. The number of aryl methyl sites for hydroxylation is 2. The van der Waals surface area contributed by atoms with Crippen LogP contribution in [0.5, 0.6) is 0 Å². The highest BCUT2D eigenvalue weighted by atomic mass is 16.4. The highest BCUT2D eigenvalue weighted by Gasteiger charge is 2.03. The maximum Gasteiger partial charge on any atom is 0.222 e. The Hall–Kier alpha value is -1.71. The number of hydrogen-bond acceptors (Lipinski definition) is 4. The molecule has 0 atom stereocenters. The van der Waals surface area contributed by atoms with Crippen molar-refractivity contribution in [2.45, 2.75) is 20.3 Å². The van der Waals surface area contributed by atoms with E-state index in [2.05, 4.69) is 15.2 Å². The van der Waals surface area contributed by atoms with Gasteiger partial charge < -0.3 is 4.42 Å². The number of aromatic nitrogens is 3. The van der Waals surface area contributed by atoms with Gasteiger partial charge in [-0.25, -0.2) is 0 Å². The van der Waals surface area contributed by atoms with E-state index in [9.17, 15) is 0 Å². The van der Waals surface area contributed by atoms with Crippen molar-refractivity contribution in [3.8, 4) is 0 Å². The Morgan fingerprint density at radius 3 is 2.64 bits per heavy atom. The first-order valence-electron chi connectivity index (χ1n) is 4.44. The summed E-state index contributed by atoms with van der Waals surface area (Å²) >= 11 is 0. The summed E-state index contributed by atoms with van der Waals surface area (Å²) in [6.07, 6.45) is 2.43. The van der Waals surface area contributed by atoms with E-state index in [0.29, 0.717) is 18.2 Å². The van der Waals surface area contributed by atoms with Gasteiger partial charge in [-0.15, -0.1) is 10.2 Å². The third-order valence-electron chi connectivity index (χ3n) is 1.87. The second-order valence-electron chi connectivity index (χ2n) is 3.22. The molecule has 4 heteroatoms. The summed E-state index contributed by atoms with van der Waals surface area (Å²) in [4.78, 5) is 4.26. The zero-order chi connectivity index (χ0) is 9.97. The molecule has 4 nitrogen and oxygen atoms in total. The molecule has 72 valence electrons. The zero-order valence-electron chi connectivity index (χ0n) is 8.19. The Morgan fingerprint density at radius 2 is 2.07 bits per heavy atom. The maximum absolute atomic E-state index is 5.26. The van der Waals surface area contributed by atoms with Gasteiger partial charge in [0.25, 0.3) is 0 Å². The lowest BCUT2D eigenvalue weighted by Gasteiger charge is -1.96. The predicted molar refractivity (Wildman–Crippen MR) is 50.8 cm³/mol. The molecule has 14 heavy (non-hydrogen) atoms. The molecule has 0 saturated carbocycles. The van der Waals surface area contributed by atoms with Gasteiger partial charge in [-0.2, -0.15) is 0 Å². The fourth-order valence-electron chi connectivity index (χ4n) is 1.17. The Bertz CT molecular complexity index is 419. The summed E-state index contributed by atoms with van der Waals surface area (Å²) in [6, 6.07) is 3.99. The van der Waals surface area contributed by atoms with Crippen LogP contribution >= 0.6 is 0 Å². The van der Waals surface area contributed by atoms with Crippen molar-refractivity contribution in [2.24, 2.45) is 0 Å². The van der Waals surface area contributed by atoms with Crippen molar-refractivity contribution in [3.05, 3.63) is 41.4 Å². The SMILES string of the molecule is Cc1ccc(Cc2nnc(C)o2)nc1. The Labute approximate surface area is 82.0 Å². The van der Waals surface area contributed by atoms with E-state index in [1.54, 1.807) is 6.92 Å². The van der Waals surface area contributed by atoms with Gasteiger partial charge in [0.05, 0.1) is 6.42 Å². The number of nitrogens with zero attached hydrogens (tertiary/aromatic N) is 3. The highest BCUT2D eigenvalue weighted by molar-refractivity contribution is 5.14. The van der Waals surface area contributed by atoms with E-state index in [1.807, 2.05) is 25.3 Å². The number of rotatable bonds is 2. The van der Waals surface area contributed by atoms with Gasteiger partial charge in [0, 0.05) is 18.8 Å². The molecule has 0 aliphatic heterocycles. The molecule has 0 N–H and O–H groups in total. The van der Waals surface area contributed by atoms with Crippen LogP contribution in [0.1, 0.15) is 23.0 Å². The van der Waals surface area contributed by atoms with E-state index in [0.717, 1.165) is 11.3 Å². The van der Waals surface area contributed by atoms with Crippen LogP contribution < -0.4 is 0 Å². The van der Waals surface area contributed by atoms with Gasteiger partial charge in [-0.3, -0.25) is 4.98 Å². The molecule has 0 fully saturated rings. The summed E-state index contributed by atoms with van der Waals surface area (Å²) < 4.78 is 5.26. The quantitative estimate of drug-likeness (QED) is 0.721. The van der Waals surface area contributed by atoms with Crippen LogP contribution in [0.2, 0.25) is 0 Å². The highest BCUT2D eigenvalue weighted by Crippen LogP contribution is 2.06. The fraction of sp³-hybridized carbons (Fsp3) is 0.300. The minimum absolute atomic E-state index is 0.590. The monoisotopic (exact) mass is 189 g/mol. The second kappa shape index (κ2) is 3.57. The first-order valence-corrected chi connectivity index (χ1v) is 4.44. The fourth-order valence-corrected chi connectivity index (χ4v) is 1.17. The van der Waals surface area contributed by atoms with Crippen LogP contribution in [0, 0.1) is 13.8 Å². The van der Waals surface area contributed by atoms with Crippen LogP contribution in [0.3, 0.4) is 0 Å². The third kappa shape index (κ3) is 1.96. The topological polar surface area (TPSA) is 51.8 Å². The van der Waals surface area contributed by atoms with Crippen molar-refractivity contribution < 1.29 is 4.42 Å². The van der Waals surface area contributed by atoms with Gasteiger partial charge in [0.1, 0.15) is 0 Å². The van der Waals surface area contributed by atoms with E-state index < -0.39 is 0 Å². The average Bonchev–Trinajstić information content (AvgIpc) is 2.56. The first kappa shape index (κ1) is 8.87. The molecular formula is C10H11N3O. The minimum Gasteiger partial charge on any atom is -0.425 e. The van der Waals surface area contributed by atoms with Crippen LogP contribution in [0.25, 0.3) is 0 Å². The Morgan fingerprint density at radius 1 is 1.21 bits per heavy atom. The molecule has 2 rings (SSSR count). The smallest absolute Gasteiger partial charge is 0.222 e. The van der Waals surface area contributed by atoms with E-state index >= 15 is 0 Å². The molecule has 0 spiro atoms. The Kier molecular flexibility index (Phi) is 2.26. The standard InChI is InChI=1S/C10H11N3O/c1-7-3-4-9(11-6-7)5-10-13-12-8(2)14-10/h3-4,6H,5H2,1-2H3. The van der Waals surface area contributed by atoms with Crippen molar-refractivity contribution in [1.82, 2.24) is 15.2 Å². The van der Waals surface area contributed by atoms with Crippen molar-refractivity contribution >= 4 is 0 Å². The molecule has 0 amide bonds. The molecule has 2 heterocycles. The third-order valence-corrected chi connectivity index (χ3v) is 1.87. The van der Waals surface area contributed by atoms with Crippen molar-refractivity contribution in [3.63, 3.8) is 0 Å². The lowest BCUT2D eigenvalue weighted by molar-refractivity contribution is 0.476. The number of pyridine rings is 1. The lowest BCUT2D eigenvalue weighted by atomic mass is 10.2. The predicted octanol–water partition coefficient (Wildman–Crippen LogP) is 1.67. The molecule has 0 saturated heterocycles. The lowest BCUT2D eigenvalue weighted by Crippen LogP contribution is -1.92. The molecule has 0 aliphatic rings.